The van der Waals surface area contributed by atoms with Crippen molar-refractivity contribution in [3.8, 4) is 22.4 Å². The smallest absolute Gasteiger partial charge is 0.407 e. The van der Waals surface area contributed by atoms with Crippen LogP contribution in [0, 0.1) is 5.92 Å². The minimum Gasteiger partial charge on any atom is -0.453 e. The number of aliphatic hydroxyl groups is 3. The van der Waals surface area contributed by atoms with E-state index in [0.717, 1.165) is 64.3 Å². The fourth-order valence-corrected chi connectivity index (χ4v) is 9.21. The first-order chi connectivity index (χ1) is 29.3. The van der Waals surface area contributed by atoms with Gasteiger partial charge in [-0.05, 0) is 68.2 Å². The lowest BCUT2D eigenvalue weighted by atomic mass is 9.95. The molecule has 3 aromatic rings. The van der Waals surface area contributed by atoms with Crippen molar-refractivity contribution in [3.63, 3.8) is 0 Å². The van der Waals surface area contributed by atoms with E-state index >= 15 is 0 Å². The molecule has 0 bridgehead atoms. The molecule has 2 saturated heterocycles. The number of hydrogen-bond donors (Lipinski definition) is 6. The zero-order valence-corrected chi connectivity index (χ0v) is 37.0. The number of hydrogen-bond acceptors (Lipinski definition) is 14. The average Bonchev–Trinajstić information content (AvgIpc) is 4.10. The number of aliphatic hydroxyl groups excluding tert-OH is 3. The van der Waals surface area contributed by atoms with Gasteiger partial charge < -0.3 is 49.3 Å². The van der Waals surface area contributed by atoms with Crippen LogP contribution in [0.5, 0.6) is 0 Å². The number of allylic oxidation sites excluding steroid dienone is 1. The van der Waals surface area contributed by atoms with Crippen molar-refractivity contribution in [1.29, 1.82) is 0 Å². The highest BCUT2D eigenvalue weighted by Crippen LogP contribution is 2.40. The Morgan fingerprint density at radius 3 is 2.10 bits per heavy atom. The van der Waals surface area contributed by atoms with Gasteiger partial charge in [-0.3, -0.25) is 15.1 Å². The summed E-state index contributed by atoms with van der Waals surface area (Å²) in [5.41, 5.74) is 6.65. The number of methoxy groups -OCH3 is 5. The minimum atomic E-state index is -1.28. The van der Waals surface area contributed by atoms with Gasteiger partial charge in [0.2, 0.25) is 6.41 Å². The van der Waals surface area contributed by atoms with E-state index in [-0.39, 0.29) is 24.0 Å². The van der Waals surface area contributed by atoms with E-state index in [1.54, 1.807) is 28.3 Å². The summed E-state index contributed by atoms with van der Waals surface area (Å²) in [5, 5.41) is 39.6. The number of likely N-dealkylation sites (tertiary alicyclic amines) is 2. The number of aromatic amines is 1. The van der Waals surface area contributed by atoms with Crippen LogP contribution in [-0.4, -0.2) is 151 Å². The molecule has 2 aromatic carbocycles. The lowest BCUT2D eigenvalue weighted by Gasteiger charge is -2.38. The molecule has 0 saturated carbocycles. The molecule has 6 N–H and O–H groups in total. The Morgan fingerprint density at radius 1 is 0.869 bits per heavy atom. The van der Waals surface area contributed by atoms with E-state index in [1.165, 1.54) is 14.2 Å². The summed E-state index contributed by atoms with van der Waals surface area (Å²) in [6.45, 7) is 6.77. The van der Waals surface area contributed by atoms with E-state index in [1.807, 2.05) is 22.9 Å². The number of benzene rings is 2. The summed E-state index contributed by atoms with van der Waals surface area (Å²) in [4.78, 5) is 29.2. The second-order valence-corrected chi connectivity index (χ2v) is 16.6. The van der Waals surface area contributed by atoms with Crippen molar-refractivity contribution in [2.75, 3.05) is 48.7 Å². The van der Waals surface area contributed by atoms with Crippen LogP contribution in [0.3, 0.4) is 0 Å². The molecule has 11 atom stereocenters. The summed E-state index contributed by atoms with van der Waals surface area (Å²) < 4.78 is 26.4. The lowest BCUT2D eigenvalue weighted by Crippen LogP contribution is -2.60. The van der Waals surface area contributed by atoms with Crippen molar-refractivity contribution in [3.05, 3.63) is 71.3 Å². The molecule has 3 aliphatic rings. The predicted octanol–water partition coefficient (Wildman–Crippen LogP) is 4.67. The second kappa shape index (κ2) is 21.1. The monoisotopic (exact) mass is 867 g/mol. The molecule has 334 valence electrons. The number of H-pyrrole nitrogens is 1. The van der Waals surface area contributed by atoms with E-state index < -0.39 is 49.3 Å². The third-order valence-electron chi connectivity index (χ3n) is 12.5. The van der Waals surface area contributed by atoms with Gasteiger partial charge in [0.25, 0.3) is 0 Å². The number of carbonyl (C=O) groups excluding carboxylic acids is 1. The maximum absolute atomic E-state index is 12.1. The van der Waals surface area contributed by atoms with Gasteiger partial charge in [-0.2, -0.15) is 0 Å². The first-order valence-corrected chi connectivity index (χ1v) is 21.2. The Kier molecular flexibility index (Phi) is 16.1. The molecule has 3 unspecified atom stereocenters. The normalized spacial score (nSPS) is 24.6. The summed E-state index contributed by atoms with van der Waals surface area (Å²) in [7, 11) is 7.44. The molecule has 1 amide bonds. The Labute approximate surface area is 363 Å². The molecule has 0 spiro atoms. The van der Waals surface area contributed by atoms with Gasteiger partial charge in [0.1, 0.15) is 23.4 Å². The molecule has 4 heterocycles. The third kappa shape index (κ3) is 10.5. The number of ether oxygens (including phenoxy) is 5. The van der Waals surface area contributed by atoms with Crippen LogP contribution in [0.25, 0.3) is 28.0 Å². The van der Waals surface area contributed by atoms with Crippen molar-refractivity contribution < 1.29 is 43.8 Å². The molecule has 3 aliphatic heterocycles. The maximum atomic E-state index is 12.1. The molecule has 16 nitrogen and oxygen atoms in total. The number of alkyl carbamates (subject to hydrolysis) is 1. The van der Waals surface area contributed by atoms with E-state index in [9.17, 15) is 20.1 Å². The molecule has 1 aromatic heterocycles. The van der Waals surface area contributed by atoms with Crippen molar-refractivity contribution in [1.82, 2.24) is 30.4 Å². The predicted molar refractivity (Wildman–Crippen MR) is 232 cm³/mol. The summed E-state index contributed by atoms with van der Waals surface area (Å²) in [6.07, 6.45) is -0.207. The molecule has 2 fully saturated rings. The van der Waals surface area contributed by atoms with Crippen LogP contribution >= 0.6 is 11.6 Å². The number of imidazole rings is 1. The Balaban J connectivity index is 1.12. The largest absolute Gasteiger partial charge is 0.453 e. The highest BCUT2D eigenvalue weighted by molar-refractivity contribution is 6.35. The van der Waals surface area contributed by atoms with Crippen LogP contribution in [0.15, 0.2) is 64.9 Å². The fourth-order valence-electron chi connectivity index (χ4n) is 8.93. The molecular formula is C44H62ClN7O9. The zero-order chi connectivity index (χ0) is 44.0. The Bertz CT molecular complexity index is 1960. The first kappa shape index (κ1) is 46.7. The Hall–Kier alpha value is -3.78. The number of amides is 1. The minimum absolute atomic E-state index is 0.0374. The summed E-state index contributed by atoms with van der Waals surface area (Å²) in [5.74, 6) is 0.895. The quantitative estimate of drug-likeness (QED) is 0.0720. The number of aliphatic imine (C=N–C) groups is 1. The van der Waals surface area contributed by atoms with Crippen LogP contribution in [0.4, 0.5) is 4.79 Å². The van der Waals surface area contributed by atoms with Gasteiger partial charge in [-0.15, -0.1) is 0 Å². The fraction of sp³-hybridized carbons (Fsp3) is 0.568. The molecule has 17 heteroatoms. The van der Waals surface area contributed by atoms with Crippen LogP contribution < -0.4 is 10.6 Å². The third-order valence-corrected chi connectivity index (χ3v) is 12.8. The number of halogens is 1. The molecule has 0 radical (unpaired) electrons. The standard InChI is InChI=1S/C44H62ClN7O9/c1-24-9-18-35(52(24)42(54)38(26(3)59-6)50-44(56)61-8)40-46-21-34(48-40)31-16-12-29(13-17-31)28-10-14-30(15-11-28)32-20-33(47-39(32)45)36-19-27(23-57-4)22-51(36)41(53)37(25(2)58-5)49-43(55)60-7/h10-17,21,24-27,35-38,41-43,49,53-55H,9,18-20,22-23H2,1-8H3,(H,46,48)(H,50,56)/t24-,25+,26+,27-,35-,36-,37-,38-,41?,42?,43?/m0/s1. The van der Waals surface area contributed by atoms with Crippen LogP contribution in [0.2, 0.25) is 0 Å². The highest BCUT2D eigenvalue weighted by atomic mass is 35.5. The SMILES string of the molecule is COC[C@H]1C[C@@H](C2=NC(Cl)=C(c3ccc(-c4ccc(-c5cnc([C@@H]6CC[C@H](C)N6C(O)[C@@H](NC(=O)OC)[C@@H](C)OC)[nH]5)cc4)cc3)C2)N(C(O)[C@@H](NC(O)OC)[C@@H](C)OC)C1. The molecule has 6 rings (SSSR count). The van der Waals surface area contributed by atoms with E-state index in [4.69, 9.17) is 45.3 Å². The van der Waals surface area contributed by atoms with Crippen molar-refractivity contribution >= 4 is 29.0 Å². The number of nitrogens with zero attached hydrogens (tertiary/aromatic N) is 4. The van der Waals surface area contributed by atoms with Crippen LogP contribution in [0.1, 0.15) is 63.9 Å². The second-order valence-electron chi connectivity index (χ2n) is 16.2. The summed E-state index contributed by atoms with van der Waals surface area (Å²) in [6, 6.07) is 14.8. The number of rotatable bonds is 19. The van der Waals surface area contributed by atoms with Gasteiger partial charge >= 0.3 is 6.09 Å². The molecular weight excluding hydrogens is 806 g/mol. The van der Waals surface area contributed by atoms with E-state index in [2.05, 4.69) is 71.1 Å². The number of carbonyl (C=O) groups is 1. The maximum Gasteiger partial charge on any atom is 0.407 e. The first-order valence-electron chi connectivity index (χ1n) is 20.8. The summed E-state index contributed by atoms with van der Waals surface area (Å²) >= 11 is 6.85. The Morgan fingerprint density at radius 2 is 1.49 bits per heavy atom. The molecule has 0 aliphatic carbocycles. The average molecular weight is 868 g/mol. The van der Waals surface area contributed by atoms with Crippen LogP contribution in [-0.2, 0) is 23.7 Å². The number of nitrogens with one attached hydrogen (secondary N) is 3. The molecule has 61 heavy (non-hydrogen) atoms. The van der Waals surface area contributed by atoms with Gasteiger partial charge in [-0.25, -0.2) is 14.8 Å². The van der Waals surface area contributed by atoms with Crippen molar-refractivity contribution in [2.45, 2.75) is 108 Å². The van der Waals surface area contributed by atoms with Crippen molar-refractivity contribution in [2.24, 2.45) is 10.9 Å². The van der Waals surface area contributed by atoms with Gasteiger partial charge in [-0.1, -0.05) is 60.1 Å². The highest BCUT2D eigenvalue weighted by Gasteiger charge is 2.45. The van der Waals surface area contributed by atoms with Gasteiger partial charge in [0, 0.05) is 58.7 Å². The van der Waals surface area contributed by atoms with Gasteiger partial charge in [0.15, 0.2) is 0 Å². The topological polar surface area (TPSA) is 195 Å². The number of aromatic nitrogens is 2. The zero-order valence-electron chi connectivity index (χ0n) is 36.2. The lowest BCUT2D eigenvalue weighted by molar-refractivity contribution is -0.141. The van der Waals surface area contributed by atoms with Gasteiger partial charge in [0.05, 0.1) is 62.0 Å². The van der Waals surface area contributed by atoms with E-state index in [0.29, 0.717) is 24.7 Å².